The summed E-state index contributed by atoms with van der Waals surface area (Å²) in [6.07, 6.45) is 4.48. The van der Waals surface area contributed by atoms with E-state index in [0.717, 1.165) is 23.4 Å². The Hall–Kier alpha value is -4.01. The molecule has 1 aromatic heterocycles. The van der Waals surface area contributed by atoms with Gasteiger partial charge in [-0.1, -0.05) is 12.1 Å². The summed E-state index contributed by atoms with van der Waals surface area (Å²) in [5.41, 5.74) is 3.02. The molecule has 0 bridgehead atoms. The summed E-state index contributed by atoms with van der Waals surface area (Å²) in [5, 5.41) is 9.59. The molecule has 1 fully saturated rings. The highest BCUT2D eigenvalue weighted by Crippen LogP contribution is 2.21. The Morgan fingerprint density at radius 3 is 2.41 bits per heavy atom. The van der Waals surface area contributed by atoms with Crippen LogP contribution in [0.4, 0.5) is 5.69 Å². The van der Waals surface area contributed by atoms with Crippen molar-refractivity contribution < 1.29 is 14.4 Å². The Kier molecular flexibility index (Phi) is 6.25. The fourth-order valence-corrected chi connectivity index (χ4v) is 3.61. The van der Waals surface area contributed by atoms with Crippen LogP contribution in [0.5, 0.6) is 0 Å². The van der Waals surface area contributed by atoms with Crippen LogP contribution in [0.1, 0.15) is 41.7 Å². The van der Waals surface area contributed by atoms with Gasteiger partial charge >= 0.3 is 0 Å². The van der Waals surface area contributed by atoms with E-state index in [1.165, 1.54) is 6.33 Å². The number of carbonyl (C=O) groups excluding carboxylic acids is 3. The number of carbonyl (C=O) groups is 3. The first-order valence-corrected chi connectivity index (χ1v) is 10.4. The van der Waals surface area contributed by atoms with Crippen molar-refractivity contribution >= 4 is 23.4 Å². The molecule has 9 heteroatoms. The number of anilines is 1. The number of aromatic nitrogens is 3. The van der Waals surface area contributed by atoms with Crippen LogP contribution in [0.15, 0.2) is 61.2 Å². The first-order chi connectivity index (χ1) is 15.5. The van der Waals surface area contributed by atoms with Crippen LogP contribution < -0.4 is 15.5 Å². The van der Waals surface area contributed by atoms with Crippen molar-refractivity contribution in [3.05, 3.63) is 72.3 Å². The minimum atomic E-state index is -0.343. The zero-order valence-corrected chi connectivity index (χ0v) is 17.7. The molecule has 1 aliphatic heterocycles. The van der Waals surface area contributed by atoms with Gasteiger partial charge in [-0.05, 0) is 55.3 Å². The van der Waals surface area contributed by atoms with Crippen molar-refractivity contribution in [1.82, 2.24) is 25.4 Å². The average molecular weight is 432 g/mol. The van der Waals surface area contributed by atoms with Gasteiger partial charge in [-0.3, -0.25) is 14.4 Å². The highest BCUT2D eigenvalue weighted by molar-refractivity contribution is 5.98. The summed E-state index contributed by atoms with van der Waals surface area (Å²) >= 11 is 0. The third-order valence-electron chi connectivity index (χ3n) is 5.38. The smallest absolute Gasteiger partial charge is 0.251 e. The SMILES string of the molecule is C[C@@H](NC(=O)CNC(=O)c1ccc(N2CCCC2=O)cc1)c1ccc(-n2cncn2)cc1. The molecule has 1 atom stereocenters. The Bertz CT molecular complexity index is 1090. The second-order valence-corrected chi connectivity index (χ2v) is 7.60. The third-order valence-corrected chi connectivity index (χ3v) is 5.38. The number of hydrogen-bond donors (Lipinski definition) is 2. The van der Waals surface area contributed by atoms with E-state index < -0.39 is 0 Å². The maximum atomic E-state index is 12.4. The first kappa shape index (κ1) is 21.2. The van der Waals surface area contributed by atoms with Gasteiger partial charge in [0.25, 0.3) is 5.91 Å². The van der Waals surface area contributed by atoms with E-state index >= 15 is 0 Å². The Balaban J connectivity index is 1.27. The van der Waals surface area contributed by atoms with Gasteiger partial charge in [-0.2, -0.15) is 5.10 Å². The maximum Gasteiger partial charge on any atom is 0.251 e. The minimum absolute atomic E-state index is 0.0982. The molecule has 3 aromatic rings. The van der Waals surface area contributed by atoms with Crippen LogP contribution in [0.3, 0.4) is 0 Å². The standard InChI is InChI=1S/C23H24N6O3/c1-16(17-4-10-20(11-5-17)29-15-24-14-26-29)27-21(30)13-25-23(32)18-6-8-19(9-7-18)28-12-2-3-22(28)31/h4-11,14-16H,2-3,12-13H2,1H3,(H,25,32)(H,27,30)/t16-/m1/s1. The monoisotopic (exact) mass is 432 g/mol. The molecule has 164 valence electrons. The second kappa shape index (κ2) is 9.42. The van der Waals surface area contributed by atoms with Gasteiger partial charge in [0.05, 0.1) is 18.3 Å². The average Bonchev–Trinajstić information content (AvgIpc) is 3.50. The number of nitrogens with one attached hydrogen (secondary N) is 2. The topological polar surface area (TPSA) is 109 Å². The Labute approximate surface area is 185 Å². The van der Waals surface area contributed by atoms with Gasteiger partial charge in [-0.25, -0.2) is 9.67 Å². The summed E-state index contributed by atoms with van der Waals surface area (Å²) < 4.78 is 1.65. The maximum absolute atomic E-state index is 12.4. The summed E-state index contributed by atoms with van der Waals surface area (Å²) in [6.45, 7) is 2.45. The molecule has 2 heterocycles. The molecular weight excluding hydrogens is 408 g/mol. The van der Waals surface area contributed by atoms with Gasteiger partial charge in [0.15, 0.2) is 0 Å². The van der Waals surface area contributed by atoms with Crippen LogP contribution >= 0.6 is 0 Å². The van der Waals surface area contributed by atoms with Crippen LogP contribution in [-0.4, -0.2) is 45.6 Å². The van der Waals surface area contributed by atoms with Gasteiger partial charge in [-0.15, -0.1) is 0 Å². The van der Waals surface area contributed by atoms with Crippen molar-refractivity contribution in [1.29, 1.82) is 0 Å². The van der Waals surface area contributed by atoms with E-state index in [1.807, 2.05) is 31.2 Å². The summed E-state index contributed by atoms with van der Waals surface area (Å²) in [4.78, 5) is 42.1. The van der Waals surface area contributed by atoms with Crippen molar-refractivity contribution in [2.45, 2.75) is 25.8 Å². The lowest BCUT2D eigenvalue weighted by molar-refractivity contribution is -0.120. The number of nitrogens with zero attached hydrogens (tertiary/aromatic N) is 4. The zero-order valence-electron chi connectivity index (χ0n) is 17.7. The number of rotatable bonds is 7. The Morgan fingerprint density at radius 2 is 1.78 bits per heavy atom. The molecule has 0 saturated carbocycles. The summed E-state index contributed by atoms with van der Waals surface area (Å²) in [5.74, 6) is -0.532. The van der Waals surface area contributed by atoms with Crippen molar-refractivity contribution in [3.8, 4) is 5.69 Å². The van der Waals surface area contributed by atoms with E-state index in [4.69, 9.17) is 0 Å². The number of amides is 3. The van der Waals surface area contributed by atoms with Gasteiger partial charge < -0.3 is 15.5 Å². The lowest BCUT2D eigenvalue weighted by Crippen LogP contribution is -2.38. The van der Waals surface area contributed by atoms with Crippen molar-refractivity contribution in [3.63, 3.8) is 0 Å². The molecule has 0 aliphatic carbocycles. The third kappa shape index (κ3) is 4.83. The molecule has 4 rings (SSSR count). The molecule has 9 nitrogen and oxygen atoms in total. The molecule has 1 saturated heterocycles. The molecule has 2 aromatic carbocycles. The van der Waals surface area contributed by atoms with E-state index in [2.05, 4.69) is 20.7 Å². The predicted molar refractivity (Wildman–Crippen MR) is 118 cm³/mol. The second-order valence-electron chi connectivity index (χ2n) is 7.60. The largest absolute Gasteiger partial charge is 0.348 e. The highest BCUT2D eigenvalue weighted by atomic mass is 16.2. The first-order valence-electron chi connectivity index (χ1n) is 10.4. The summed E-state index contributed by atoms with van der Waals surface area (Å²) in [7, 11) is 0. The van der Waals surface area contributed by atoms with Crippen molar-refractivity contribution in [2.24, 2.45) is 0 Å². The van der Waals surface area contributed by atoms with E-state index in [1.54, 1.807) is 40.2 Å². The zero-order chi connectivity index (χ0) is 22.5. The highest BCUT2D eigenvalue weighted by Gasteiger charge is 2.21. The van der Waals surface area contributed by atoms with Crippen LogP contribution in [0.2, 0.25) is 0 Å². The molecule has 1 aliphatic rings. The van der Waals surface area contributed by atoms with E-state index in [9.17, 15) is 14.4 Å². The lowest BCUT2D eigenvalue weighted by atomic mass is 10.1. The van der Waals surface area contributed by atoms with Crippen LogP contribution in [0.25, 0.3) is 5.69 Å². The number of hydrogen-bond acceptors (Lipinski definition) is 5. The van der Waals surface area contributed by atoms with Crippen LogP contribution in [0, 0.1) is 0 Å². The van der Waals surface area contributed by atoms with Gasteiger partial charge in [0.2, 0.25) is 11.8 Å². The van der Waals surface area contributed by atoms with Crippen LogP contribution in [-0.2, 0) is 9.59 Å². The van der Waals surface area contributed by atoms with E-state index in [-0.39, 0.29) is 30.3 Å². The molecule has 0 unspecified atom stereocenters. The van der Waals surface area contributed by atoms with E-state index in [0.29, 0.717) is 18.5 Å². The molecule has 3 amide bonds. The van der Waals surface area contributed by atoms with Gasteiger partial charge in [0.1, 0.15) is 12.7 Å². The predicted octanol–water partition coefficient (Wildman–Crippen LogP) is 2.00. The minimum Gasteiger partial charge on any atom is -0.348 e. The molecular formula is C23H24N6O3. The Morgan fingerprint density at radius 1 is 1.06 bits per heavy atom. The molecule has 32 heavy (non-hydrogen) atoms. The quantitative estimate of drug-likeness (QED) is 0.594. The number of benzene rings is 2. The fraction of sp³-hybridized carbons (Fsp3) is 0.261. The van der Waals surface area contributed by atoms with Crippen molar-refractivity contribution in [2.75, 3.05) is 18.0 Å². The summed E-state index contributed by atoms with van der Waals surface area (Å²) in [6, 6.07) is 14.2. The normalized spacial score (nSPS) is 14.3. The molecule has 0 spiro atoms. The van der Waals surface area contributed by atoms with Gasteiger partial charge in [0, 0.05) is 24.2 Å². The lowest BCUT2D eigenvalue weighted by Gasteiger charge is -2.16. The molecule has 2 N–H and O–H groups in total. The fourth-order valence-electron chi connectivity index (χ4n) is 3.61. The molecule has 0 radical (unpaired) electrons.